The standard InChI is InChI=1S/C14H15N5O/c1-9-8-10-4-2-3-5-11(10)19(9)14-12(13(15)18-20)16-6-7-17-14/h2-7,9,20H,8H2,1H3,(H2,15,18). The van der Waals surface area contributed by atoms with E-state index < -0.39 is 0 Å². The van der Waals surface area contributed by atoms with Crippen molar-refractivity contribution >= 4 is 17.3 Å². The number of nitrogens with two attached hydrogens (primary N) is 1. The minimum Gasteiger partial charge on any atom is -0.409 e. The summed E-state index contributed by atoms with van der Waals surface area (Å²) in [7, 11) is 0. The summed E-state index contributed by atoms with van der Waals surface area (Å²) >= 11 is 0. The highest BCUT2D eigenvalue weighted by atomic mass is 16.4. The zero-order valence-electron chi connectivity index (χ0n) is 11.1. The van der Waals surface area contributed by atoms with Crippen molar-refractivity contribution in [2.45, 2.75) is 19.4 Å². The number of aromatic nitrogens is 2. The molecule has 6 heteroatoms. The average Bonchev–Trinajstić information content (AvgIpc) is 2.82. The van der Waals surface area contributed by atoms with E-state index in [1.807, 2.05) is 18.2 Å². The number of benzene rings is 1. The Balaban J connectivity index is 2.15. The highest BCUT2D eigenvalue weighted by Gasteiger charge is 2.30. The molecule has 1 aromatic heterocycles. The summed E-state index contributed by atoms with van der Waals surface area (Å²) in [6.45, 7) is 2.12. The van der Waals surface area contributed by atoms with Crippen molar-refractivity contribution in [2.24, 2.45) is 10.9 Å². The Morgan fingerprint density at radius 1 is 1.35 bits per heavy atom. The number of oxime groups is 1. The van der Waals surface area contributed by atoms with Crippen LogP contribution in [-0.2, 0) is 6.42 Å². The quantitative estimate of drug-likeness (QED) is 0.374. The molecule has 20 heavy (non-hydrogen) atoms. The molecule has 6 nitrogen and oxygen atoms in total. The van der Waals surface area contributed by atoms with E-state index in [0.29, 0.717) is 11.5 Å². The van der Waals surface area contributed by atoms with Crippen molar-refractivity contribution in [1.82, 2.24) is 9.97 Å². The van der Waals surface area contributed by atoms with Gasteiger partial charge < -0.3 is 15.8 Å². The summed E-state index contributed by atoms with van der Waals surface area (Å²) < 4.78 is 0. The van der Waals surface area contributed by atoms with E-state index in [2.05, 4.69) is 33.0 Å². The van der Waals surface area contributed by atoms with Gasteiger partial charge in [0.25, 0.3) is 0 Å². The van der Waals surface area contributed by atoms with Crippen LogP contribution in [0.25, 0.3) is 0 Å². The first-order chi connectivity index (χ1) is 9.72. The molecule has 102 valence electrons. The van der Waals surface area contributed by atoms with Crippen molar-refractivity contribution in [3.8, 4) is 0 Å². The molecule has 2 heterocycles. The van der Waals surface area contributed by atoms with E-state index >= 15 is 0 Å². The molecule has 1 aliphatic heterocycles. The molecule has 0 amide bonds. The van der Waals surface area contributed by atoms with Gasteiger partial charge in [-0.05, 0) is 25.0 Å². The van der Waals surface area contributed by atoms with Crippen molar-refractivity contribution in [3.63, 3.8) is 0 Å². The second-order valence-corrected chi connectivity index (χ2v) is 4.77. The Labute approximate surface area is 116 Å². The smallest absolute Gasteiger partial charge is 0.192 e. The lowest BCUT2D eigenvalue weighted by molar-refractivity contribution is 0.318. The van der Waals surface area contributed by atoms with E-state index in [0.717, 1.165) is 12.1 Å². The highest BCUT2D eigenvalue weighted by Crippen LogP contribution is 2.37. The van der Waals surface area contributed by atoms with Gasteiger partial charge in [0.1, 0.15) is 0 Å². The third-order valence-corrected chi connectivity index (χ3v) is 3.46. The van der Waals surface area contributed by atoms with Crippen LogP contribution in [0.2, 0.25) is 0 Å². The van der Waals surface area contributed by atoms with Crippen LogP contribution in [-0.4, -0.2) is 27.1 Å². The number of hydrogen-bond acceptors (Lipinski definition) is 5. The van der Waals surface area contributed by atoms with Gasteiger partial charge in [-0.1, -0.05) is 23.4 Å². The van der Waals surface area contributed by atoms with Crippen molar-refractivity contribution < 1.29 is 5.21 Å². The number of para-hydroxylation sites is 1. The second-order valence-electron chi connectivity index (χ2n) is 4.77. The molecule has 1 aromatic carbocycles. The first-order valence-corrected chi connectivity index (χ1v) is 6.38. The molecular weight excluding hydrogens is 254 g/mol. The first kappa shape index (κ1) is 12.4. The summed E-state index contributed by atoms with van der Waals surface area (Å²) in [5, 5.41) is 11.9. The first-order valence-electron chi connectivity index (χ1n) is 6.38. The van der Waals surface area contributed by atoms with Crippen molar-refractivity contribution in [1.29, 1.82) is 0 Å². The molecule has 1 atom stereocenters. The zero-order valence-corrected chi connectivity index (χ0v) is 11.1. The lowest BCUT2D eigenvalue weighted by Crippen LogP contribution is -2.29. The lowest BCUT2D eigenvalue weighted by Gasteiger charge is -2.25. The van der Waals surface area contributed by atoms with Crippen molar-refractivity contribution in [3.05, 3.63) is 47.9 Å². The van der Waals surface area contributed by atoms with E-state index in [4.69, 9.17) is 10.9 Å². The number of amidine groups is 1. The third-order valence-electron chi connectivity index (χ3n) is 3.46. The van der Waals surface area contributed by atoms with Crippen LogP contribution in [0.15, 0.2) is 41.8 Å². The number of hydrogen-bond donors (Lipinski definition) is 2. The second kappa shape index (κ2) is 4.80. The lowest BCUT2D eigenvalue weighted by atomic mass is 10.1. The molecule has 0 saturated carbocycles. The largest absolute Gasteiger partial charge is 0.409 e. The number of rotatable bonds is 2. The summed E-state index contributed by atoms with van der Waals surface area (Å²) in [4.78, 5) is 10.6. The van der Waals surface area contributed by atoms with Crippen LogP contribution in [0.3, 0.4) is 0 Å². The van der Waals surface area contributed by atoms with Crippen LogP contribution >= 0.6 is 0 Å². The molecule has 3 N–H and O–H groups in total. The Morgan fingerprint density at radius 3 is 2.90 bits per heavy atom. The molecule has 1 unspecified atom stereocenters. The highest BCUT2D eigenvalue weighted by molar-refractivity contribution is 6.00. The van der Waals surface area contributed by atoms with E-state index in [9.17, 15) is 0 Å². The van der Waals surface area contributed by atoms with Crippen LogP contribution < -0.4 is 10.6 Å². The Morgan fingerprint density at radius 2 is 2.10 bits per heavy atom. The molecule has 0 radical (unpaired) electrons. The molecule has 0 fully saturated rings. The predicted octanol–water partition coefficient (Wildman–Crippen LogP) is 1.65. The average molecular weight is 269 g/mol. The van der Waals surface area contributed by atoms with Crippen LogP contribution in [0, 0.1) is 0 Å². The van der Waals surface area contributed by atoms with Gasteiger partial charge in [0, 0.05) is 24.1 Å². The maximum atomic E-state index is 8.89. The molecule has 2 aromatic rings. The summed E-state index contributed by atoms with van der Waals surface area (Å²) in [5.74, 6) is 0.574. The molecule has 3 rings (SSSR count). The van der Waals surface area contributed by atoms with Gasteiger partial charge >= 0.3 is 0 Å². The fraction of sp³-hybridized carbons (Fsp3) is 0.214. The minimum atomic E-state index is -0.0373. The van der Waals surface area contributed by atoms with Crippen LogP contribution in [0.4, 0.5) is 11.5 Å². The van der Waals surface area contributed by atoms with E-state index in [1.165, 1.54) is 11.8 Å². The molecule has 1 aliphatic rings. The van der Waals surface area contributed by atoms with Gasteiger partial charge in [0.15, 0.2) is 17.3 Å². The van der Waals surface area contributed by atoms with Crippen LogP contribution in [0.1, 0.15) is 18.2 Å². The Kier molecular flexibility index (Phi) is 2.98. The maximum Gasteiger partial charge on any atom is 0.192 e. The fourth-order valence-corrected chi connectivity index (χ4v) is 2.62. The predicted molar refractivity (Wildman–Crippen MR) is 76.3 cm³/mol. The molecule has 0 bridgehead atoms. The van der Waals surface area contributed by atoms with Gasteiger partial charge in [-0.3, -0.25) is 0 Å². The maximum absolute atomic E-state index is 8.89. The zero-order chi connectivity index (χ0) is 14.1. The molecule has 0 spiro atoms. The minimum absolute atomic E-state index is 0.0373. The van der Waals surface area contributed by atoms with E-state index in [-0.39, 0.29) is 11.9 Å². The van der Waals surface area contributed by atoms with Gasteiger partial charge in [0.2, 0.25) is 0 Å². The normalized spacial score (nSPS) is 18.1. The van der Waals surface area contributed by atoms with Crippen molar-refractivity contribution in [2.75, 3.05) is 4.90 Å². The van der Waals surface area contributed by atoms with E-state index in [1.54, 1.807) is 6.20 Å². The molecular formula is C14H15N5O. The Hall–Kier alpha value is -2.63. The monoisotopic (exact) mass is 269 g/mol. The number of nitrogens with zero attached hydrogens (tertiary/aromatic N) is 4. The van der Waals surface area contributed by atoms with Gasteiger partial charge in [0.05, 0.1) is 0 Å². The topological polar surface area (TPSA) is 87.6 Å². The SMILES string of the molecule is CC1Cc2ccccc2N1c1nccnc1C(N)=NO. The van der Waals surface area contributed by atoms with Gasteiger partial charge in [-0.25, -0.2) is 9.97 Å². The van der Waals surface area contributed by atoms with Gasteiger partial charge in [-0.2, -0.15) is 0 Å². The van der Waals surface area contributed by atoms with Crippen LogP contribution in [0.5, 0.6) is 0 Å². The third kappa shape index (κ3) is 1.85. The number of anilines is 2. The van der Waals surface area contributed by atoms with Gasteiger partial charge in [-0.15, -0.1) is 0 Å². The molecule has 0 saturated heterocycles. The number of fused-ring (bicyclic) bond motifs is 1. The Bertz CT molecular complexity index is 670. The molecule has 0 aliphatic carbocycles. The fourth-order valence-electron chi connectivity index (χ4n) is 2.62. The summed E-state index contributed by atoms with van der Waals surface area (Å²) in [6.07, 6.45) is 4.07. The summed E-state index contributed by atoms with van der Waals surface area (Å²) in [6, 6.07) is 8.41. The summed E-state index contributed by atoms with van der Waals surface area (Å²) in [5.41, 5.74) is 8.44.